The number of nitrogens with zero attached hydrogens (tertiary/aromatic N) is 1. The number of allylic oxidation sites excluding steroid dienone is 1. The summed E-state index contributed by atoms with van der Waals surface area (Å²) >= 11 is 0. The molecule has 5 heteroatoms. The average Bonchev–Trinajstić information content (AvgIpc) is 3.06. The van der Waals surface area contributed by atoms with Gasteiger partial charge in [0.2, 0.25) is 0 Å². The first-order valence-electron chi connectivity index (χ1n) is 7.92. The Hall–Kier alpha value is -2.01. The number of anilines is 1. The fourth-order valence-electron chi connectivity index (χ4n) is 3.83. The van der Waals surface area contributed by atoms with E-state index in [-0.39, 0.29) is 17.6 Å². The zero-order chi connectivity index (χ0) is 16.6. The maximum Gasteiger partial charge on any atom is 0.333 e. The predicted octanol–water partition coefficient (Wildman–Crippen LogP) is 2.53. The highest BCUT2D eigenvalue weighted by atomic mass is 16.5. The van der Waals surface area contributed by atoms with Gasteiger partial charge in [0.05, 0.1) is 20.4 Å². The van der Waals surface area contributed by atoms with Crippen molar-refractivity contribution in [3.05, 3.63) is 35.4 Å². The molecule has 1 aromatic rings. The fourth-order valence-corrected chi connectivity index (χ4v) is 3.83. The first-order valence-corrected chi connectivity index (χ1v) is 7.92. The number of likely N-dealkylation sites (N-methyl/N-ethyl adjacent to an activating group) is 1. The molecule has 2 heterocycles. The third-order valence-corrected chi connectivity index (χ3v) is 5.21. The van der Waals surface area contributed by atoms with Gasteiger partial charge in [-0.15, -0.1) is 0 Å². The highest BCUT2D eigenvalue weighted by molar-refractivity contribution is 5.87. The van der Waals surface area contributed by atoms with Crippen LogP contribution in [0.3, 0.4) is 0 Å². The van der Waals surface area contributed by atoms with Crippen LogP contribution in [0.4, 0.5) is 5.69 Å². The molecule has 5 nitrogen and oxygen atoms in total. The maximum absolute atomic E-state index is 11.7. The van der Waals surface area contributed by atoms with Crippen molar-refractivity contribution < 1.29 is 14.3 Å². The van der Waals surface area contributed by atoms with Gasteiger partial charge in [-0.3, -0.25) is 4.90 Å². The molecular formula is C18H24N2O3. The van der Waals surface area contributed by atoms with Gasteiger partial charge in [0.1, 0.15) is 5.75 Å². The smallest absolute Gasteiger partial charge is 0.333 e. The van der Waals surface area contributed by atoms with Gasteiger partial charge in [0, 0.05) is 23.2 Å². The van der Waals surface area contributed by atoms with Gasteiger partial charge in [-0.2, -0.15) is 0 Å². The molecule has 0 saturated carbocycles. The fraction of sp³-hybridized carbons (Fsp3) is 0.500. The minimum atomic E-state index is -0.263. The molecule has 0 aliphatic carbocycles. The minimum Gasteiger partial charge on any atom is -0.497 e. The van der Waals surface area contributed by atoms with Crippen LogP contribution in [-0.4, -0.2) is 44.8 Å². The molecule has 1 N–H and O–H groups in total. The van der Waals surface area contributed by atoms with Crippen molar-refractivity contribution in [1.29, 1.82) is 0 Å². The lowest BCUT2D eigenvalue weighted by Gasteiger charge is -2.30. The number of hydrogen-bond donors (Lipinski definition) is 1. The summed E-state index contributed by atoms with van der Waals surface area (Å²) in [7, 11) is 5.25. The van der Waals surface area contributed by atoms with Crippen LogP contribution in [0.5, 0.6) is 5.75 Å². The summed E-state index contributed by atoms with van der Waals surface area (Å²) in [4.78, 5) is 14.0. The molecule has 0 amide bonds. The summed E-state index contributed by atoms with van der Waals surface area (Å²) in [5, 5.41) is 3.63. The molecule has 0 aromatic heterocycles. The number of benzene rings is 1. The van der Waals surface area contributed by atoms with Crippen LogP contribution < -0.4 is 10.1 Å². The van der Waals surface area contributed by atoms with Crippen molar-refractivity contribution in [1.82, 2.24) is 4.90 Å². The van der Waals surface area contributed by atoms with Gasteiger partial charge in [0.15, 0.2) is 0 Å². The van der Waals surface area contributed by atoms with Gasteiger partial charge in [-0.25, -0.2) is 4.79 Å². The van der Waals surface area contributed by atoms with Crippen molar-refractivity contribution in [2.75, 3.05) is 33.1 Å². The molecule has 23 heavy (non-hydrogen) atoms. The Morgan fingerprint density at radius 1 is 1.48 bits per heavy atom. The number of methoxy groups -OCH3 is 2. The molecule has 2 aliphatic rings. The molecule has 0 unspecified atom stereocenters. The molecule has 2 atom stereocenters. The largest absolute Gasteiger partial charge is 0.497 e. The second kappa shape index (κ2) is 5.89. The Labute approximate surface area is 137 Å². The summed E-state index contributed by atoms with van der Waals surface area (Å²) in [6, 6.07) is 6.19. The zero-order valence-electron chi connectivity index (χ0n) is 14.2. The Morgan fingerprint density at radius 2 is 2.26 bits per heavy atom. The van der Waals surface area contributed by atoms with Gasteiger partial charge in [-0.1, -0.05) is 6.08 Å². The molecule has 2 aliphatic heterocycles. The van der Waals surface area contributed by atoms with Crippen LogP contribution in [0, 0.1) is 0 Å². The predicted molar refractivity (Wildman–Crippen MR) is 89.7 cm³/mol. The van der Waals surface area contributed by atoms with E-state index in [4.69, 9.17) is 9.47 Å². The summed E-state index contributed by atoms with van der Waals surface area (Å²) in [5.74, 6) is 0.606. The zero-order valence-corrected chi connectivity index (χ0v) is 14.2. The monoisotopic (exact) mass is 316 g/mol. The van der Waals surface area contributed by atoms with Crippen molar-refractivity contribution >= 4 is 11.7 Å². The number of carbonyl (C=O) groups excluding carboxylic acids is 1. The van der Waals surface area contributed by atoms with Gasteiger partial charge < -0.3 is 14.8 Å². The highest BCUT2D eigenvalue weighted by Crippen LogP contribution is 2.51. The number of ether oxygens (including phenoxy) is 2. The molecule has 0 spiro atoms. The number of nitrogens with one attached hydrogen (secondary N) is 1. The van der Waals surface area contributed by atoms with E-state index in [2.05, 4.69) is 29.4 Å². The van der Waals surface area contributed by atoms with Crippen molar-refractivity contribution in [3.8, 4) is 5.75 Å². The number of rotatable bonds is 4. The maximum atomic E-state index is 11.7. The lowest BCUT2D eigenvalue weighted by Crippen LogP contribution is -2.41. The van der Waals surface area contributed by atoms with E-state index in [1.54, 1.807) is 7.11 Å². The quantitative estimate of drug-likeness (QED) is 0.683. The Morgan fingerprint density at radius 3 is 2.96 bits per heavy atom. The molecule has 1 saturated heterocycles. The van der Waals surface area contributed by atoms with Crippen molar-refractivity contribution in [2.45, 2.75) is 31.3 Å². The van der Waals surface area contributed by atoms with E-state index in [9.17, 15) is 4.79 Å². The molecule has 1 fully saturated rings. The van der Waals surface area contributed by atoms with Gasteiger partial charge in [0.25, 0.3) is 0 Å². The molecule has 0 bridgehead atoms. The second-order valence-electron chi connectivity index (χ2n) is 6.43. The number of esters is 1. The van der Waals surface area contributed by atoms with Crippen LogP contribution in [0.2, 0.25) is 0 Å². The van der Waals surface area contributed by atoms with Crippen LogP contribution in [0.15, 0.2) is 29.8 Å². The van der Waals surface area contributed by atoms with Gasteiger partial charge in [-0.05, 0) is 50.6 Å². The lowest BCUT2D eigenvalue weighted by molar-refractivity contribution is -0.136. The van der Waals surface area contributed by atoms with E-state index in [1.165, 1.54) is 12.7 Å². The number of likely N-dealkylation sites (tertiary alicyclic amines) is 1. The summed E-state index contributed by atoms with van der Waals surface area (Å²) in [6.07, 6.45) is 4.10. The number of hydrogen-bond acceptors (Lipinski definition) is 5. The molecule has 0 radical (unpaired) electrons. The van der Waals surface area contributed by atoms with Gasteiger partial charge >= 0.3 is 5.97 Å². The average molecular weight is 316 g/mol. The highest BCUT2D eigenvalue weighted by Gasteiger charge is 2.52. The van der Waals surface area contributed by atoms with Crippen molar-refractivity contribution in [3.63, 3.8) is 0 Å². The Bertz CT molecular complexity index is 656. The van der Waals surface area contributed by atoms with Crippen LogP contribution in [-0.2, 0) is 14.9 Å². The van der Waals surface area contributed by atoms with E-state index in [0.717, 1.165) is 30.8 Å². The topological polar surface area (TPSA) is 50.8 Å². The third-order valence-electron chi connectivity index (χ3n) is 5.21. The molecule has 3 rings (SSSR count). The molecule has 1 aromatic carbocycles. The summed E-state index contributed by atoms with van der Waals surface area (Å²) in [6.45, 7) is 2.84. The summed E-state index contributed by atoms with van der Waals surface area (Å²) < 4.78 is 10.2. The number of fused-ring (bicyclic) bond motifs is 3. The van der Waals surface area contributed by atoms with E-state index < -0.39 is 0 Å². The van der Waals surface area contributed by atoms with Crippen LogP contribution in [0.1, 0.15) is 25.3 Å². The van der Waals surface area contributed by atoms with Crippen LogP contribution >= 0.6 is 0 Å². The van der Waals surface area contributed by atoms with E-state index in [1.807, 2.05) is 19.1 Å². The first-order chi connectivity index (χ1) is 11.0. The minimum absolute atomic E-state index is 0.0338. The van der Waals surface area contributed by atoms with Crippen molar-refractivity contribution in [2.24, 2.45) is 0 Å². The number of carbonyl (C=O) groups is 1. The Kier molecular flexibility index (Phi) is 4.06. The Balaban J connectivity index is 1.99. The lowest BCUT2D eigenvalue weighted by atomic mass is 9.76. The SMILES string of the molecule is COC(=O)/C(C)=C/C[C@@]12CCN(C)[C@@H]1Nc1ccc(OC)cc12. The standard InChI is InChI=1S/C18H24N2O3/c1-12(16(21)23-4)7-8-18-9-10-20(2)17(18)19-15-6-5-13(22-3)11-14(15)18/h5-7,11,17,19H,8-10H2,1-4H3/b12-7+/t17-,18-/m0/s1. The third kappa shape index (κ3) is 2.49. The summed E-state index contributed by atoms with van der Waals surface area (Å²) in [5.41, 5.74) is 3.06. The van der Waals surface area contributed by atoms with E-state index in [0.29, 0.717) is 5.57 Å². The molecular weight excluding hydrogens is 292 g/mol. The van der Waals surface area contributed by atoms with E-state index >= 15 is 0 Å². The van der Waals surface area contributed by atoms with Crippen LogP contribution in [0.25, 0.3) is 0 Å². The first kappa shape index (κ1) is 15.9. The second-order valence-corrected chi connectivity index (χ2v) is 6.43. The normalized spacial score (nSPS) is 26.4. The molecule has 124 valence electrons.